The van der Waals surface area contributed by atoms with Crippen LogP contribution in [0.1, 0.15) is 49.9 Å². The van der Waals surface area contributed by atoms with Crippen molar-refractivity contribution in [3.8, 4) is 0 Å². The maximum atomic E-state index is 12.6. The van der Waals surface area contributed by atoms with E-state index in [2.05, 4.69) is 20.9 Å². The first-order chi connectivity index (χ1) is 11.4. The predicted molar refractivity (Wildman–Crippen MR) is 95.3 cm³/mol. The zero-order valence-corrected chi connectivity index (χ0v) is 15.1. The first-order valence-electron chi connectivity index (χ1n) is 8.35. The summed E-state index contributed by atoms with van der Waals surface area (Å²) in [5.41, 5.74) is 1.17. The van der Waals surface area contributed by atoms with Crippen LogP contribution in [-0.2, 0) is 4.79 Å². The van der Waals surface area contributed by atoms with E-state index in [0.29, 0.717) is 16.4 Å². The van der Waals surface area contributed by atoms with Crippen molar-refractivity contribution in [2.45, 2.75) is 51.6 Å². The van der Waals surface area contributed by atoms with Crippen LogP contribution in [0.4, 0.5) is 5.69 Å². The lowest BCUT2D eigenvalue weighted by Crippen LogP contribution is -2.40. The molecule has 0 saturated heterocycles. The third-order valence-corrected chi connectivity index (χ3v) is 4.45. The Morgan fingerprint density at radius 3 is 2.50 bits per heavy atom. The molecular weight excluding hydrogens is 328 g/mol. The standard InChI is InChI=1S/C17H25ClN4O2/c1-10(2)21-14-8-15(18)20-9-13(14)17(24)22-12-6-4-11(5-7-12)16(23)19-3/h8-12H,4-7H2,1-3H3,(H,19,23)(H,20,21)(H,22,24)/t11-,12-. The van der Waals surface area contributed by atoms with Crippen molar-refractivity contribution in [1.82, 2.24) is 15.6 Å². The van der Waals surface area contributed by atoms with Gasteiger partial charge in [-0.15, -0.1) is 0 Å². The van der Waals surface area contributed by atoms with E-state index in [-0.39, 0.29) is 29.8 Å². The van der Waals surface area contributed by atoms with Crippen LogP contribution in [0.15, 0.2) is 12.3 Å². The summed E-state index contributed by atoms with van der Waals surface area (Å²) in [4.78, 5) is 28.3. The Labute approximate surface area is 147 Å². The summed E-state index contributed by atoms with van der Waals surface area (Å²) in [6.45, 7) is 3.99. The number of nitrogens with one attached hydrogen (secondary N) is 3. The topological polar surface area (TPSA) is 83.1 Å². The molecule has 1 aromatic heterocycles. The van der Waals surface area contributed by atoms with Gasteiger partial charge in [0, 0.05) is 31.2 Å². The van der Waals surface area contributed by atoms with E-state index in [9.17, 15) is 9.59 Å². The van der Waals surface area contributed by atoms with Gasteiger partial charge in [0.1, 0.15) is 5.15 Å². The van der Waals surface area contributed by atoms with Gasteiger partial charge in [-0.1, -0.05) is 11.6 Å². The Kier molecular flexibility index (Phi) is 6.43. The molecule has 0 aromatic carbocycles. The third kappa shape index (κ3) is 4.84. The van der Waals surface area contributed by atoms with Crippen LogP contribution in [0, 0.1) is 5.92 Å². The second-order valence-corrected chi connectivity index (χ2v) is 6.88. The van der Waals surface area contributed by atoms with E-state index >= 15 is 0 Å². The summed E-state index contributed by atoms with van der Waals surface area (Å²) in [6, 6.07) is 1.93. The van der Waals surface area contributed by atoms with Gasteiger partial charge in [0.05, 0.1) is 11.3 Å². The molecule has 6 nitrogen and oxygen atoms in total. The summed E-state index contributed by atoms with van der Waals surface area (Å²) < 4.78 is 0. The monoisotopic (exact) mass is 352 g/mol. The van der Waals surface area contributed by atoms with E-state index in [4.69, 9.17) is 11.6 Å². The molecule has 0 aliphatic heterocycles. The molecule has 2 rings (SSSR count). The number of rotatable bonds is 5. The highest BCUT2D eigenvalue weighted by atomic mass is 35.5. The Hall–Kier alpha value is -1.82. The van der Waals surface area contributed by atoms with Gasteiger partial charge in [0.15, 0.2) is 0 Å². The highest BCUT2D eigenvalue weighted by molar-refractivity contribution is 6.29. The highest BCUT2D eigenvalue weighted by Crippen LogP contribution is 2.25. The Bertz CT molecular complexity index is 598. The van der Waals surface area contributed by atoms with Crippen molar-refractivity contribution in [2.24, 2.45) is 5.92 Å². The first kappa shape index (κ1) is 18.5. The molecule has 2 amide bonds. The minimum atomic E-state index is -0.161. The SMILES string of the molecule is CNC(=O)[C@H]1CC[C@H](NC(=O)c2cnc(Cl)cc2NC(C)C)CC1. The molecule has 0 radical (unpaired) electrons. The van der Waals surface area contributed by atoms with Crippen LogP contribution in [0.25, 0.3) is 0 Å². The smallest absolute Gasteiger partial charge is 0.255 e. The van der Waals surface area contributed by atoms with E-state index < -0.39 is 0 Å². The summed E-state index contributed by atoms with van der Waals surface area (Å²) in [7, 11) is 1.66. The summed E-state index contributed by atoms with van der Waals surface area (Å²) in [6.07, 6.45) is 4.69. The van der Waals surface area contributed by atoms with Gasteiger partial charge in [-0.25, -0.2) is 4.98 Å². The molecule has 132 valence electrons. The normalized spacial score (nSPS) is 20.5. The Morgan fingerprint density at radius 1 is 1.25 bits per heavy atom. The molecule has 1 aliphatic rings. The Balaban J connectivity index is 1.99. The number of amides is 2. The average Bonchev–Trinajstić information content (AvgIpc) is 2.54. The van der Waals surface area contributed by atoms with Crippen LogP contribution in [0.3, 0.4) is 0 Å². The van der Waals surface area contributed by atoms with E-state index in [1.807, 2.05) is 13.8 Å². The van der Waals surface area contributed by atoms with Crippen LogP contribution in [0.2, 0.25) is 5.15 Å². The molecule has 0 unspecified atom stereocenters. The van der Waals surface area contributed by atoms with Crippen LogP contribution >= 0.6 is 11.6 Å². The number of aromatic nitrogens is 1. The largest absolute Gasteiger partial charge is 0.382 e. The van der Waals surface area contributed by atoms with Crippen molar-refractivity contribution in [1.29, 1.82) is 0 Å². The molecule has 1 saturated carbocycles. The number of nitrogens with zero attached hydrogens (tertiary/aromatic N) is 1. The van der Waals surface area contributed by atoms with Gasteiger partial charge >= 0.3 is 0 Å². The van der Waals surface area contributed by atoms with Crippen LogP contribution in [-0.4, -0.2) is 35.9 Å². The number of hydrogen-bond donors (Lipinski definition) is 3. The van der Waals surface area contributed by atoms with Crippen molar-refractivity contribution in [3.63, 3.8) is 0 Å². The van der Waals surface area contributed by atoms with Gasteiger partial charge in [0.25, 0.3) is 5.91 Å². The third-order valence-electron chi connectivity index (χ3n) is 4.24. The number of carbonyl (C=O) groups is 2. The minimum Gasteiger partial charge on any atom is -0.382 e. The fraction of sp³-hybridized carbons (Fsp3) is 0.588. The molecule has 24 heavy (non-hydrogen) atoms. The summed E-state index contributed by atoms with van der Waals surface area (Å²) in [5, 5.41) is 9.32. The number of hydrogen-bond acceptors (Lipinski definition) is 4. The van der Waals surface area contributed by atoms with Crippen molar-refractivity contribution in [3.05, 3.63) is 23.0 Å². The van der Waals surface area contributed by atoms with Crippen LogP contribution < -0.4 is 16.0 Å². The van der Waals surface area contributed by atoms with Crippen molar-refractivity contribution < 1.29 is 9.59 Å². The maximum Gasteiger partial charge on any atom is 0.255 e. The zero-order valence-electron chi connectivity index (χ0n) is 14.4. The summed E-state index contributed by atoms with van der Waals surface area (Å²) in [5.74, 6) is -0.0191. The van der Waals surface area contributed by atoms with Gasteiger partial charge in [-0.05, 0) is 45.6 Å². The van der Waals surface area contributed by atoms with Gasteiger partial charge in [-0.2, -0.15) is 0 Å². The molecule has 7 heteroatoms. The molecule has 3 N–H and O–H groups in total. The summed E-state index contributed by atoms with van der Waals surface area (Å²) >= 11 is 5.94. The lowest BCUT2D eigenvalue weighted by molar-refractivity contribution is -0.125. The minimum absolute atomic E-state index is 0.0542. The molecule has 0 spiro atoms. The molecule has 0 atom stereocenters. The predicted octanol–water partition coefficient (Wildman–Crippen LogP) is 2.59. The molecular formula is C17H25ClN4O2. The molecule has 1 heterocycles. The first-order valence-corrected chi connectivity index (χ1v) is 8.73. The lowest BCUT2D eigenvalue weighted by atomic mass is 9.85. The quantitative estimate of drug-likeness (QED) is 0.711. The molecule has 1 aromatic rings. The van der Waals surface area contributed by atoms with Gasteiger partial charge in [0.2, 0.25) is 5.91 Å². The average molecular weight is 353 g/mol. The van der Waals surface area contributed by atoms with Gasteiger partial charge in [-0.3, -0.25) is 9.59 Å². The van der Waals surface area contributed by atoms with Crippen molar-refractivity contribution >= 4 is 29.1 Å². The maximum absolute atomic E-state index is 12.6. The Morgan fingerprint density at radius 2 is 1.92 bits per heavy atom. The highest BCUT2D eigenvalue weighted by Gasteiger charge is 2.27. The lowest BCUT2D eigenvalue weighted by Gasteiger charge is -2.28. The van der Waals surface area contributed by atoms with E-state index in [1.165, 1.54) is 6.20 Å². The molecule has 1 fully saturated rings. The number of anilines is 1. The number of carbonyl (C=O) groups excluding carboxylic acids is 2. The van der Waals surface area contributed by atoms with Crippen LogP contribution in [0.5, 0.6) is 0 Å². The van der Waals surface area contributed by atoms with Gasteiger partial charge < -0.3 is 16.0 Å². The second-order valence-electron chi connectivity index (χ2n) is 6.49. The van der Waals surface area contributed by atoms with E-state index in [0.717, 1.165) is 25.7 Å². The molecule has 0 bridgehead atoms. The fourth-order valence-corrected chi connectivity index (χ4v) is 3.17. The fourth-order valence-electron chi connectivity index (χ4n) is 3.01. The molecule has 1 aliphatic carbocycles. The van der Waals surface area contributed by atoms with E-state index in [1.54, 1.807) is 13.1 Å². The zero-order chi connectivity index (χ0) is 17.7. The van der Waals surface area contributed by atoms with Crippen molar-refractivity contribution in [2.75, 3.05) is 12.4 Å². The second kappa shape index (κ2) is 8.33. The number of pyridine rings is 1. The number of halogens is 1.